The first kappa shape index (κ1) is 17.2. The molecular formula is C20H18N4O2. The zero-order valence-electron chi connectivity index (χ0n) is 14.3. The summed E-state index contributed by atoms with van der Waals surface area (Å²) in [5.74, 6) is 1.13. The van der Waals surface area contributed by atoms with Gasteiger partial charge in [-0.05, 0) is 29.8 Å². The van der Waals surface area contributed by atoms with Gasteiger partial charge in [0.25, 0.3) is 0 Å². The van der Waals surface area contributed by atoms with Gasteiger partial charge in [-0.15, -0.1) is 0 Å². The molecule has 1 atom stereocenters. The maximum Gasteiger partial charge on any atom is 0.240 e. The number of benzene rings is 1. The van der Waals surface area contributed by atoms with E-state index in [2.05, 4.69) is 10.3 Å². The highest BCUT2D eigenvalue weighted by Gasteiger charge is 2.20. The average Bonchev–Trinajstić information content (AvgIpc) is 3.21. The van der Waals surface area contributed by atoms with E-state index in [0.717, 1.165) is 5.56 Å². The van der Waals surface area contributed by atoms with Crippen molar-refractivity contribution < 1.29 is 9.21 Å². The van der Waals surface area contributed by atoms with Crippen molar-refractivity contribution in [3.8, 4) is 6.07 Å². The van der Waals surface area contributed by atoms with E-state index in [9.17, 15) is 4.79 Å². The second-order valence-corrected chi connectivity index (χ2v) is 5.80. The third kappa shape index (κ3) is 4.08. The molecule has 0 fully saturated rings. The maximum absolute atomic E-state index is 12.6. The third-order valence-electron chi connectivity index (χ3n) is 3.91. The number of carbonyl (C=O) groups excluding carboxylic acids is 1. The average molecular weight is 346 g/mol. The summed E-state index contributed by atoms with van der Waals surface area (Å²) in [4.78, 5) is 18.5. The summed E-state index contributed by atoms with van der Waals surface area (Å²) < 4.78 is 5.49. The van der Waals surface area contributed by atoms with Crippen LogP contribution in [0.1, 0.15) is 22.9 Å². The lowest BCUT2D eigenvalue weighted by atomic mass is 10.0. The van der Waals surface area contributed by atoms with E-state index in [0.29, 0.717) is 17.1 Å². The van der Waals surface area contributed by atoms with Crippen LogP contribution in [0, 0.1) is 11.3 Å². The van der Waals surface area contributed by atoms with E-state index in [1.807, 2.05) is 42.5 Å². The Morgan fingerprint density at radius 3 is 2.65 bits per heavy atom. The van der Waals surface area contributed by atoms with Gasteiger partial charge in [-0.3, -0.25) is 4.79 Å². The number of nitrogens with one attached hydrogen (secondary N) is 1. The molecule has 6 heteroatoms. The van der Waals surface area contributed by atoms with Crippen LogP contribution in [0.15, 0.2) is 71.5 Å². The predicted molar refractivity (Wildman–Crippen MR) is 97.4 cm³/mol. The minimum atomic E-state index is -0.360. The number of furan rings is 1. The van der Waals surface area contributed by atoms with Gasteiger partial charge in [0.05, 0.1) is 18.4 Å². The van der Waals surface area contributed by atoms with Crippen LogP contribution in [0.5, 0.6) is 0 Å². The van der Waals surface area contributed by atoms with Crippen molar-refractivity contribution in [3.63, 3.8) is 0 Å². The van der Waals surface area contributed by atoms with Crippen LogP contribution < -0.4 is 10.2 Å². The molecule has 26 heavy (non-hydrogen) atoms. The van der Waals surface area contributed by atoms with Gasteiger partial charge >= 0.3 is 0 Å². The summed E-state index contributed by atoms with van der Waals surface area (Å²) in [6, 6.07) is 18.3. The summed E-state index contributed by atoms with van der Waals surface area (Å²) in [6.07, 6.45) is 3.07. The third-order valence-corrected chi connectivity index (χ3v) is 3.91. The fourth-order valence-corrected chi connectivity index (χ4v) is 2.60. The highest BCUT2D eigenvalue weighted by Crippen LogP contribution is 2.22. The van der Waals surface area contributed by atoms with Crippen molar-refractivity contribution in [2.45, 2.75) is 6.04 Å². The fraction of sp³-hybridized carbons (Fsp3) is 0.150. The molecule has 6 nitrogen and oxygen atoms in total. The summed E-state index contributed by atoms with van der Waals surface area (Å²) in [7, 11) is 1.78. The smallest absolute Gasteiger partial charge is 0.240 e. The molecule has 0 aliphatic rings. The molecule has 1 unspecified atom stereocenters. The number of aromatic nitrogens is 1. The molecule has 0 aliphatic heterocycles. The van der Waals surface area contributed by atoms with Crippen molar-refractivity contribution in [2.75, 3.05) is 18.5 Å². The lowest BCUT2D eigenvalue weighted by molar-refractivity contribution is -0.120. The largest absolute Gasteiger partial charge is 0.467 e. The SMILES string of the molecule is CN(CC(=O)NC(c1ccccc1)c1ccco1)c1ccc(C#N)cn1. The lowest BCUT2D eigenvalue weighted by Crippen LogP contribution is -2.37. The first-order valence-electron chi connectivity index (χ1n) is 8.12. The Morgan fingerprint density at radius 2 is 2.04 bits per heavy atom. The minimum Gasteiger partial charge on any atom is -0.467 e. The Hall–Kier alpha value is -3.59. The summed E-state index contributed by atoms with van der Waals surface area (Å²) in [6.45, 7) is 0.128. The van der Waals surface area contributed by atoms with Gasteiger partial charge in [0.15, 0.2) is 0 Å². The van der Waals surface area contributed by atoms with Gasteiger partial charge in [-0.25, -0.2) is 4.98 Å². The van der Waals surface area contributed by atoms with Crippen LogP contribution in [0.4, 0.5) is 5.82 Å². The molecule has 2 aromatic heterocycles. The molecule has 0 spiro atoms. The summed E-state index contributed by atoms with van der Waals surface area (Å²) in [5, 5.41) is 11.8. The fourth-order valence-electron chi connectivity index (χ4n) is 2.60. The maximum atomic E-state index is 12.6. The topological polar surface area (TPSA) is 82.2 Å². The number of nitriles is 1. The number of amides is 1. The van der Waals surface area contributed by atoms with E-state index in [1.165, 1.54) is 6.20 Å². The number of hydrogen-bond acceptors (Lipinski definition) is 5. The molecule has 1 aromatic carbocycles. The van der Waals surface area contributed by atoms with Crippen molar-refractivity contribution in [2.24, 2.45) is 0 Å². The zero-order chi connectivity index (χ0) is 18.4. The van der Waals surface area contributed by atoms with E-state index < -0.39 is 0 Å². The summed E-state index contributed by atoms with van der Waals surface area (Å²) in [5.41, 5.74) is 1.42. The van der Waals surface area contributed by atoms with Crippen molar-refractivity contribution in [3.05, 3.63) is 83.9 Å². The Labute approximate surface area is 151 Å². The van der Waals surface area contributed by atoms with Crippen molar-refractivity contribution in [1.29, 1.82) is 5.26 Å². The number of rotatable bonds is 6. The molecule has 0 radical (unpaired) electrons. The van der Waals surface area contributed by atoms with Crippen LogP contribution in [0.2, 0.25) is 0 Å². The van der Waals surface area contributed by atoms with E-state index in [1.54, 1.807) is 36.4 Å². The molecule has 130 valence electrons. The number of carbonyl (C=O) groups is 1. The second kappa shape index (κ2) is 7.99. The number of nitrogens with zero attached hydrogens (tertiary/aromatic N) is 3. The van der Waals surface area contributed by atoms with Crippen molar-refractivity contribution in [1.82, 2.24) is 10.3 Å². The molecule has 3 rings (SSSR count). The van der Waals surface area contributed by atoms with E-state index in [4.69, 9.17) is 9.68 Å². The number of pyridine rings is 1. The quantitative estimate of drug-likeness (QED) is 0.742. The van der Waals surface area contributed by atoms with Gasteiger partial charge in [0, 0.05) is 13.2 Å². The number of hydrogen-bond donors (Lipinski definition) is 1. The first-order valence-corrected chi connectivity index (χ1v) is 8.12. The highest BCUT2D eigenvalue weighted by atomic mass is 16.3. The van der Waals surface area contributed by atoms with Gasteiger partial charge in [-0.1, -0.05) is 30.3 Å². The number of likely N-dealkylation sites (N-methyl/N-ethyl adjacent to an activating group) is 1. The second-order valence-electron chi connectivity index (χ2n) is 5.80. The first-order chi connectivity index (χ1) is 12.7. The Balaban J connectivity index is 1.71. The van der Waals surface area contributed by atoms with Gasteiger partial charge < -0.3 is 14.6 Å². The predicted octanol–water partition coefficient (Wildman–Crippen LogP) is 2.89. The minimum absolute atomic E-state index is 0.128. The van der Waals surface area contributed by atoms with Crippen LogP contribution in [-0.2, 0) is 4.79 Å². The number of anilines is 1. The van der Waals surface area contributed by atoms with Gasteiger partial charge in [-0.2, -0.15) is 5.26 Å². The molecule has 3 aromatic rings. The van der Waals surface area contributed by atoms with Crippen LogP contribution in [-0.4, -0.2) is 24.5 Å². The van der Waals surface area contributed by atoms with Crippen LogP contribution in [0.25, 0.3) is 0 Å². The van der Waals surface area contributed by atoms with Crippen molar-refractivity contribution >= 4 is 11.7 Å². The monoisotopic (exact) mass is 346 g/mol. The van der Waals surface area contributed by atoms with Gasteiger partial charge in [0.1, 0.15) is 23.7 Å². The van der Waals surface area contributed by atoms with E-state index in [-0.39, 0.29) is 18.5 Å². The molecule has 0 aliphatic carbocycles. The highest BCUT2D eigenvalue weighted by molar-refractivity contribution is 5.81. The molecular weight excluding hydrogens is 328 g/mol. The zero-order valence-corrected chi connectivity index (χ0v) is 14.3. The molecule has 2 heterocycles. The van der Waals surface area contributed by atoms with E-state index >= 15 is 0 Å². The Morgan fingerprint density at radius 1 is 1.23 bits per heavy atom. The normalized spacial score (nSPS) is 11.4. The molecule has 0 saturated heterocycles. The standard InChI is InChI=1S/C20H18N4O2/c1-24(18-10-9-15(12-21)13-22-18)14-19(25)23-20(17-8-5-11-26-17)16-6-3-2-4-7-16/h2-11,13,20H,14H2,1H3,(H,23,25). The van der Waals surface area contributed by atoms with Gasteiger partial charge in [0.2, 0.25) is 5.91 Å². The molecule has 0 bridgehead atoms. The Kier molecular flexibility index (Phi) is 5.30. The lowest BCUT2D eigenvalue weighted by Gasteiger charge is -2.21. The molecule has 1 N–H and O–H groups in total. The molecule has 1 amide bonds. The molecule has 0 saturated carbocycles. The van der Waals surface area contributed by atoms with Crippen LogP contribution >= 0.6 is 0 Å². The summed E-state index contributed by atoms with van der Waals surface area (Å²) >= 11 is 0. The Bertz CT molecular complexity index is 884. The van der Waals surface area contributed by atoms with Crippen LogP contribution in [0.3, 0.4) is 0 Å².